The molecule has 0 spiro atoms. The highest BCUT2D eigenvalue weighted by molar-refractivity contribution is 8.00. The minimum atomic E-state index is -0.541. The third-order valence-electron chi connectivity index (χ3n) is 4.83. The molecular formula is C20H19ClFN5OS. The highest BCUT2D eigenvalue weighted by Gasteiger charge is 2.37. The first-order valence-corrected chi connectivity index (χ1v) is 10.4. The van der Waals surface area contributed by atoms with E-state index in [9.17, 15) is 9.18 Å². The first-order chi connectivity index (χ1) is 14.0. The Labute approximate surface area is 176 Å². The summed E-state index contributed by atoms with van der Waals surface area (Å²) in [6, 6.07) is 11.1. The van der Waals surface area contributed by atoms with E-state index in [-0.39, 0.29) is 11.7 Å². The normalized spacial score (nSPS) is 18.1. The van der Waals surface area contributed by atoms with Crippen LogP contribution in [0.25, 0.3) is 0 Å². The van der Waals surface area contributed by atoms with E-state index in [0.29, 0.717) is 22.3 Å². The molecule has 4 rings (SSSR count). The molecule has 1 aromatic heterocycles. The molecule has 0 bridgehead atoms. The van der Waals surface area contributed by atoms with Gasteiger partial charge in [-0.1, -0.05) is 48.5 Å². The van der Waals surface area contributed by atoms with Crippen LogP contribution >= 0.6 is 23.4 Å². The molecule has 9 heteroatoms. The van der Waals surface area contributed by atoms with Crippen molar-refractivity contribution >= 4 is 35.0 Å². The molecule has 0 unspecified atom stereocenters. The SMILES string of the molecule is CCc1nnc2n1N[C@@H](c1ccc(F)cc1)[C@@H](C(=O)Nc1cccc(Cl)c1C)S2. The van der Waals surface area contributed by atoms with Crippen molar-refractivity contribution in [2.45, 2.75) is 36.7 Å². The largest absolute Gasteiger partial charge is 0.325 e. The second kappa shape index (κ2) is 8.04. The maximum atomic E-state index is 13.4. The highest BCUT2D eigenvalue weighted by atomic mass is 35.5. The number of halogens is 2. The van der Waals surface area contributed by atoms with Crippen molar-refractivity contribution in [3.63, 3.8) is 0 Å². The van der Waals surface area contributed by atoms with E-state index < -0.39 is 11.3 Å². The predicted octanol–water partition coefficient (Wildman–Crippen LogP) is 4.34. The average Bonchev–Trinajstić information content (AvgIpc) is 3.13. The minimum Gasteiger partial charge on any atom is -0.325 e. The molecule has 2 atom stereocenters. The van der Waals surface area contributed by atoms with Crippen molar-refractivity contribution < 1.29 is 9.18 Å². The molecule has 0 saturated carbocycles. The van der Waals surface area contributed by atoms with Gasteiger partial charge in [0.15, 0.2) is 5.82 Å². The number of aromatic nitrogens is 3. The number of hydrogen-bond donors (Lipinski definition) is 2. The Morgan fingerprint density at radius 2 is 2.03 bits per heavy atom. The Kier molecular flexibility index (Phi) is 5.47. The lowest BCUT2D eigenvalue weighted by Crippen LogP contribution is -2.41. The average molecular weight is 432 g/mol. The van der Waals surface area contributed by atoms with Gasteiger partial charge in [0.25, 0.3) is 0 Å². The van der Waals surface area contributed by atoms with Gasteiger partial charge < -0.3 is 10.7 Å². The number of hydrogen-bond acceptors (Lipinski definition) is 5. The number of thioether (sulfide) groups is 1. The summed E-state index contributed by atoms with van der Waals surface area (Å²) in [4.78, 5) is 13.2. The molecule has 2 heterocycles. The van der Waals surface area contributed by atoms with Crippen molar-refractivity contribution in [1.82, 2.24) is 14.9 Å². The summed E-state index contributed by atoms with van der Waals surface area (Å²) in [7, 11) is 0. The summed E-state index contributed by atoms with van der Waals surface area (Å²) in [6.45, 7) is 3.84. The molecule has 1 amide bonds. The molecule has 3 aromatic rings. The van der Waals surface area contributed by atoms with Crippen LogP contribution in [0.4, 0.5) is 10.1 Å². The summed E-state index contributed by atoms with van der Waals surface area (Å²) in [6.07, 6.45) is 0.690. The van der Waals surface area contributed by atoms with Gasteiger partial charge in [-0.25, -0.2) is 9.07 Å². The van der Waals surface area contributed by atoms with Gasteiger partial charge in [0, 0.05) is 17.1 Å². The Bertz CT molecular complexity index is 1060. The number of aryl methyl sites for hydroxylation is 1. The fraction of sp³-hybridized carbons (Fsp3) is 0.250. The monoisotopic (exact) mass is 431 g/mol. The van der Waals surface area contributed by atoms with Crippen LogP contribution < -0.4 is 10.7 Å². The quantitative estimate of drug-likeness (QED) is 0.643. The fourth-order valence-corrected chi connectivity index (χ4v) is 4.47. The van der Waals surface area contributed by atoms with Gasteiger partial charge in [-0.3, -0.25) is 4.79 Å². The topological polar surface area (TPSA) is 71.8 Å². The van der Waals surface area contributed by atoms with Gasteiger partial charge in [-0.2, -0.15) is 0 Å². The standard InChI is InChI=1S/C20H19ClFN5OS/c1-3-16-24-25-20-27(16)26-17(12-7-9-13(22)10-8-12)18(29-20)19(28)23-15-6-4-5-14(21)11(15)2/h4-10,17-18,26H,3H2,1-2H3,(H,23,28)/t17-,18-/m0/s1. The summed E-state index contributed by atoms with van der Waals surface area (Å²) >= 11 is 7.51. The van der Waals surface area contributed by atoms with Crippen LogP contribution in [-0.4, -0.2) is 26.0 Å². The number of amides is 1. The van der Waals surface area contributed by atoms with Gasteiger partial charge >= 0.3 is 0 Å². The van der Waals surface area contributed by atoms with E-state index in [2.05, 4.69) is 20.9 Å². The van der Waals surface area contributed by atoms with E-state index in [1.54, 1.807) is 28.9 Å². The molecule has 1 aliphatic heterocycles. The summed E-state index contributed by atoms with van der Waals surface area (Å²) in [5.41, 5.74) is 5.58. The van der Waals surface area contributed by atoms with Crippen LogP contribution in [0.2, 0.25) is 5.02 Å². The number of carbonyl (C=O) groups is 1. The maximum Gasteiger partial charge on any atom is 0.240 e. The number of fused-ring (bicyclic) bond motifs is 1. The molecular weight excluding hydrogens is 413 g/mol. The molecule has 2 N–H and O–H groups in total. The minimum absolute atomic E-state index is 0.200. The predicted molar refractivity (Wildman–Crippen MR) is 112 cm³/mol. The molecule has 0 radical (unpaired) electrons. The molecule has 2 aromatic carbocycles. The lowest BCUT2D eigenvalue weighted by atomic mass is 10.0. The summed E-state index contributed by atoms with van der Waals surface area (Å²) < 4.78 is 15.2. The second-order valence-corrected chi connectivity index (χ2v) is 8.20. The van der Waals surface area contributed by atoms with Gasteiger partial charge in [-0.15, -0.1) is 10.2 Å². The fourth-order valence-electron chi connectivity index (χ4n) is 3.19. The number of anilines is 1. The van der Waals surface area contributed by atoms with E-state index in [1.165, 1.54) is 23.9 Å². The Morgan fingerprint density at radius 3 is 2.76 bits per heavy atom. The van der Waals surface area contributed by atoms with Crippen LogP contribution in [0.3, 0.4) is 0 Å². The lowest BCUT2D eigenvalue weighted by molar-refractivity contribution is -0.116. The van der Waals surface area contributed by atoms with Gasteiger partial charge in [0.05, 0.1) is 6.04 Å². The van der Waals surface area contributed by atoms with Crippen molar-refractivity contribution in [3.05, 3.63) is 70.3 Å². The molecule has 0 saturated heterocycles. The molecule has 150 valence electrons. The lowest BCUT2D eigenvalue weighted by Gasteiger charge is -2.33. The second-order valence-electron chi connectivity index (χ2n) is 6.69. The van der Waals surface area contributed by atoms with E-state index in [4.69, 9.17) is 11.6 Å². The molecule has 1 aliphatic rings. The number of benzene rings is 2. The third kappa shape index (κ3) is 3.82. The number of carbonyl (C=O) groups excluding carboxylic acids is 1. The molecule has 29 heavy (non-hydrogen) atoms. The first kappa shape index (κ1) is 19.7. The van der Waals surface area contributed by atoms with Gasteiger partial charge in [0.1, 0.15) is 11.1 Å². The van der Waals surface area contributed by atoms with Gasteiger partial charge in [0.2, 0.25) is 11.1 Å². The van der Waals surface area contributed by atoms with Crippen LogP contribution in [-0.2, 0) is 11.2 Å². The maximum absolute atomic E-state index is 13.4. The molecule has 6 nitrogen and oxygen atoms in total. The van der Waals surface area contributed by atoms with Crippen LogP contribution in [0.15, 0.2) is 47.6 Å². The zero-order valence-corrected chi connectivity index (χ0v) is 17.4. The number of nitrogens with zero attached hydrogens (tertiary/aromatic N) is 3. The Morgan fingerprint density at radius 1 is 1.28 bits per heavy atom. The molecule has 0 aliphatic carbocycles. The van der Waals surface area contributed by atoms with Crippen molar-refractivity contribution in [2.75, 3.05) is 10.7 Å². The van der Waals surface area contributed by atoms with Crippen LogP contribution in [0.5, 0.6) is 0 Å². The highest BCUT2D eigenvalue weighted by Crippen LogP contribution is 2.38. The number of rotatable bonds is 4. The summed E-state index contributed by atoms with van der Waals surface area (Å²) in [5.74, 6) is 0.241. The van der Waals surface area contributed by atoms with Crippen molar-refractivity contribution in [3.8, 4) is 0 Å². The first-order valence-electron chi connectivity index (χ1n) is 9.17. The van der Waals surface area contributed by atoms with Crippen LogP contribution in [0, 0.1) is 12.7 Å². The zero-order valence-electron chi connectivity index (χ0n) is 15.8. The smallest absolute Gasteiger partial charge is 0.240 e. The molecule has 0 fully saturated rings. The van der Waals surface area contributed by atoms with Crippen molar-refractivity contribution in [2.24, 2.45) is 0 Å². The number of nitrogens with one attached hydrogen (secondary N) is 2. The zero-order chi connectivity index (χ0) is 20.5. The van der Waals surface area contributed by atoms with E-state index >= 15 is 0 Å². The van der Waals surface area contributed by atoms with Crippen LogP contribution in [0.1, 0.15) is 29.9 Å². The van der Waals surface area contributed by atoms with Gasteiger partial charge in [-0.05, 0) is 42.3 Å². The third-order valence-corrected chi connectivity index (χ3v) is 6.46. The summed E-state index contributed by atoms with van der Waals surface area (Å²) in [5, 5.41) is 12.0. The van der Waals surface area contributed by atoms with Crippen molar-refractivity contribution in [1.29, 1.82) is 0 Å². The van der Waals surface area contributed by atoms with E-state index in [0.717, 1.165) is 17.0 Å². The Balaban J connectivity index is 1.69. The van der Waals surface area contributed by atoms with E-state index in [1.807, 2.05) is 19.9 Å². The Hall–Kier alpha value is -2.58.